The summed E-state index contributed by atoms with van der Waals surface area (Å²) in [6.07, 6.45) is 0. The van der Waals surface area contributed by atoms with E-state index in [2.05, 4.69) is 55.3 Å². The fraction of sp³-hybridized carbons (Fsp3) is 0.278. The molecule has 0 spiro atoms. The van der Waals surface area contributed by atoms with Gasteiger partial charge < -0.3 is 9.73 Å². The normalized spacial score (nSPS) is 11.2. The number of oxazole rings is 1. The summed E-state index contributed by atoms with van der Waals surface area (Å²) in [5, 5.41) is 3.43. The molecule has 1 N–H and O–H groups in total. The Bertz CT molecular complexity index is 742. The third-order valence-corrected chi connectivity index (χ3v) is 3.52. The fourth-order valence-corrected chi connectivity index (χ4v) is 2.21. The van der Waals surface area contributed by atoms with Crippen LogP contribution in [0, 0.1) is 6.92 Å². The van der Waals surface area contributed by atoms with Gasteiger partial charge in [-0.1, -0.05) is 43.7 Å². The van der Waals surface area contributed by atoms with E-state index in [0.717, 1.165) is 29.2 Å². The van der Waals surface area contributed by atoms with E-state index >= 15 is 0 Å². The van der Waals surface area contributed by atoms with Crippen LogP contribution in [-0.4, -0.2) is 4.98 Å². The lowest BCUT2D eigenvalue weighted by molar-refractivity contribution is 0.501. The second-order valence-corrected chi connectivity index (χ2v) is 5.73. The Morgan fingerprint density at radius 3 is 2.57 bits per heavy atom. The molecule has 0 atom stereocenters. The second kappa shape index (κ2) is 5.60. The summed E-state index contributed by atoms with van der Waals surface area (Å²) < 4.78 is 5.72. The van der Waals surface area contributed by atoms with Crippen LogP contribution in [0.5, 0.6) is 0 Å². The number of nitrogens with one attached hydrogen (secondary N) is 1. The summed E-state index contributed by atoms with van der Waals surface area (Å²) in [4.78, 5) is 4.53. The molecule has 0 saturated heterocycles. The lowest BCUT2D eigenvalue weighted by Gasteiger charge is -2.06. The van der Waals surface area contributed by atoms with Gasteiger partial charge in [0.15, 0.2) is 11.5 Å². The predicted molar refractivity (Wildman–Crippen MR) is 86.6 cm³/mol. The molecule has 3 heteroatoms. The van der Waals surface area contributed by atoms with Gasteiger partial charge in [0.1, 0.15) is 5.52 Å². The number of nitrogens with zero attached hydrogens (tertiary/aromatic N) is 1. The smallest absolute Gasteiger partial charge is 0.198 e. The van der Waals surface area contributed by atoms with Crippen LogP contribution >= 0.6 is 0 Å². The molecule has 0 aliphatic rings. The van der Waals surface area contributed by atoms with Crippen LogP contribution in [-0.2, 0) is 6.54 Å². The zero-order valence-corrected chi connectivity index (χ0v) is 12.7. The van der Waals surface area contributed by atoms with E-state index in [1.54, 1.807) is 0 Å². The third kappa shape index (κ3) is 3.07. The molecule has 108 valence electrons. The Hall–Kier alpha value is -2.29. The van der Waals surface area contributed by atoms with E-state index in [1.807, 2.05) is 18.2 Å². The van der Waals surface area contributed by atoms with Gasteiger partial charge in [-0.25, -0.2) is 4.98 Å². The molecule has 0 bridgehead atoms. The number of aromatic nitrogens is 1. The molecule has 0 fully saturated rings. The SMILES string of the molecule is Cc1ccc(CNc2ccc3oc(C(C)C)nc3c2)cc1. The predicted octanol–water partition coefficient (Wildman–Crippen LogP) is 4.87. The topological polar surface area (TPSA) is 38.1 Å². The molecule has 0 amide bonds. The van der Waals surface area contributed by atoms with Crippen molar-refractivity contribution in [2.75, 3.05) is 5.32 Å². The van der Waals surface area contributed by atoms with Crippen molar-refractivity contribution in [3.63, 3.8) is 0 Å². The van der Waals surface area contributed by atoms with Gasteiger partial charge in [0.2, 0.25) is 0 Å². The quantitative estimate of drug-likeness (QED) is 0.740. The molecule has 1 heterocycles. The van der Waals surface area contributed by atoms with Gasteiger partial charge in [0.05, 0.1) is 0 Å². The first kappa shape index (κ1) is 13.7. The molecule has 0 unspecified atom stereocenters. The fourth-order valence-electron chi connectivity index (χ4n) is 2.21. The van der Waals surface area contributed by atoms with E-state index in [4.69, 9.17) is 4.42 Å². The lowest BCUT2D eigenvalue weighted by Crippen LogP contribution is -1.99. The summed E-state index contributed by atoms with van der Waals surface area (Å²) in [5.74, 6) is 1.10. The Morgan fingerprint density at radius 1 is 1.10 bits per heavy atom. The van der Waals surface area contributed by atoms with Crippen LogP contribution in [0.4, 0.5) is 5.69 Å². The van der Waals surface area contributed by atoms with Crippen molar-refractivity contribution < 1.29 is 4.42 Å². The number of anilines is 1. The van der Waals surface area contributed by atoms with Gasteiger partial charge in [-0.2, -0.15) is 0 Å². The largest absolute Gasteiger partial charge is 0.440 e. The van der Waals surface area contributed by atoms with E-state index in [-0.39, 0.29) is 0 Å². The van der Waals surface area contributed by atoms with Gasteiger partial charge in [-0.15, -0.1) is 0 Å². The second-order valence-electron chi connectivity index (χ2n) is 5.73. The summed E-state index contributed by atoms with van der Waals surface area (Å²) in [6, 6.07) is 14.6. The summed E-state index contributed by atoms with van der Waals surface area (Å²) in [6.45, 7) is 7.07. The first-order valence-electron chi connectivity index (χ1n) is 7.32. The molecule has 1 aromatic heterocycles. The maximum Gasteiger partial charge on any atom is 0.198 e. The maximum absolute atomic E-state index is 5.72. The molecule has 0 saturated carbocycles. The Balaban J connectivity index is 1.76. The average Bonchev–Trinajstić information content (AvgIpc) is 2.90. The molecule has 3 rings (SSSR count). The highest BCUT2D eigenvalue weighted by Crippen LogP contribution is 2.24. The minimum atomic E-state index is 0.307. The van der Waals surface area contributed by atoms with Crippen molar-refractivity contribution in [1.82, 2.24) is 4.98 Å². The highest BCUT2D eigenvalue weighted by atomic mass is 16.3. The van der Waals surface area contributed by atoms with Crippen molar-refractivity contribution >= 4 is 16.8 Å². The number of benzene rings is 2. The molecule has 3 aromatic rings. The van der Waals surface area contributed by atoms with Crippen LogP contribution < -0.4 is 5.32 Å². The lowest BCUT2D eigenvalue weighted by atomic mass is 10.1. The third-order valence-electron chi connectivity index (χ3n) is 3.52. The Morgan fingerprint density at radius 2 is 1.86 bits per heavy atom. The minimum absolute atomic E-state index is 0.307. The van der Waals surface area contributed by atoms with E-state index in [9.17, 15) is 0 Å². The van der Waals surface area contributed by atoms with Gasteiger partial charge >= 0.3 is 0 Å². The molecular weight excluding hydrogens is 260 g/mol. The summed E-state index contributed by atoms with van der Waals surface area (Å²) in [7, 11) is 0. The Kier molecular flexibility index (Phi) is 3.65. The monoisotopic (exact) mass is 280 g/mol. The molecule has 2 aromatic carbocycles. The van der Waals surface area contributed by atoms with Crippen LogP contribution in [0.1, 0.15) is 36.8 Å². The standard InChI is InChI=1S/C18H20N2O/c1-12(2)18-20-16-10-15(8-9-17(16)21-18)19-11-14-6-4-13(3)5-7-14/h4-10,12,19H,11H2,1-3H3. The number of hydrogen-bond acceptors (Lipinski definition) is 3. The van der Waals surface area contributed by atoms with Gasteiger partial charge in [-0.05, 0) is 30.7 Å². The molecule has 21 heavy (non-hydrogen) atoms. The van der Waals surface area contributed by atoms with Crippen LogP contribution in [0.3, 0.4) is 0 Å². The van der Waals surface area contributed by atoms with Crippen LogP contribution in [0.15, 0.2) is 46.9 Å². The number of fused-ring (bicyclic) bond motifs is 1. The molecular formula is C18H20N2O. The van der Waals surface area contributed by atoms with Crippen LogP contribution in [0.2, 0.25) is 0 Å². The summed E-state index contributed by atoms with van der Waals surface area (Å²) in [5.41, 5.74) is 5.37. The van der Waals surface area contributed by atoms with Crippen molar-refractivity contribution in [2.45, 2.75) is 33.2 Å². The molecule has 3 nitrogen and oxygen atoms in total. The van der Waals surface area contributed by atoms with Crippen molar-refractivity contribution in [1.29, 1.82) is 0 Å². The number of aryl methyl sites for hydroxylation is 1. The molecule has 0 radical (unpaired) electrons. The summed E-state index contributed by atoms with van der Waals surface area (Å²) >= 11 is 0. The highest BCUT2D eigenvalue weighted by Gasteiger charge is 2.09. The first-order valence-corrected chi connectivity index (χ1v) is 7.32. The van der Waals surface area contributed by atoms with E-state index in [1.165, 1.54) is 11.1 Å². The van der Waals surface area contributed by atoms with Gasteiger partial charge in [-0.3, -0.25) is 0 Å². The first-order chi connectivity index (χ1) is 10.1. The zero-order chi connectivity index (χ0) is 14.8. The van der Waals surface area contributed by atoms with Crippen molar-refractivity contribution in [3.8, 4) is 0 Å². The van der Waals surface area contributed by atoms with Gasteiger partial charge in [0.25, 0.3) is 0 Å². The highest BCUT2D eigenvalue weighted by molar-refractivity contribution is 5.77. The van der Waals surface area contributed by atoms with E-state index < -0.39 is 0 Å². The number of rotatable bonds is 4. The minimum Gasteiger partial charge on any atom is -0.440 e. The van der Waals surface area contributed by atoms with Crippen molar-refractivity contribution in [2.24, 2.45) is 0 Å². The van der Waals surface area contributed by atoms with E-state index in [0.29, 0.717) is 5.92 Å². The Labute approximate surface area is 125 Å². The van der Waals surface area contributed by atoms with Gasteiger partial charge in [0, 0.05) is 18.2 Å². The zero-order valence-electron chi connectivity index (χ0n) is 12.7. The molecule has 0 aliphatic carbocycles. The van der Waals surface area contributed by atoms with Crippen LogP contribution in [0.25, 0.3) is 11.1 Å². The molecule has 0 aliphatic heterocycles. The number of hydrogen-bond donors (Lipinski definition) is 1. The average molecular weight is 280 g/mol. The maximum atomic E-state index is 5.72. The van der Waals surface area contributed by atoms with Crippen molar-refractivity contribution in [3.05, 3.63) is 59.5 Å².